The molecule has 8 heavy (non-hydrogen) atoms. The van der Waals surface area contributed by atoms with E-state index in [4.69, 9.17) is 0 Å². The van der Waals surface area contributed by atoms with Gasteiger partial charge in [-0.3, -0.25) is 0 Å². The first-order valence-corrected chi connectivity index (χ1v) is 3.02. The number of alkyl halides is 2. The molecule has 0 atom stereocenters. The van der Waals surface area contributed by atoms with Gasteiger partial charge in [0, 0.05) is 12.8 Å². The molecule has 0 aromatic rings. The Balaban J connectivity index is 2.21. The van der Waals surface area contributed by atoms with Gasteiger partial charge in [-0.05, 0) is 5.92 Å². The molecule has 0 nitrogen and oxygen atoms in total. The van der Waals surface area contributed by atoms with E-state index in [1.54, 1.807) is 0 Å². The number of hydrogen-bond donors (Lipinski definition) is 0. The van der Waals surface area contributed by atoms with Crippen molar-refractivity contribution in [2.45, 2.75) is 32.1 Å². The highest BCUT2D eigenvalue weighted by atomic mass is 19.3. The SMILES string of the molecule is CCC1CC(F)(F)C1. The van der Waals surface area contributed by atoms with Crippen LogP contribution in [-0.2, 0) is 0 Å². The van der Waals surface area contributed by atoms with Crippen LogP contribution >= 0.6 is 0 Å². The maximum absolute atomic E-state index is 12.0. The summed E-state index contributed by atoms with van der Waals surface area (Å²) in [6.45, 7) is 1.96. The van der Waals surface area contributed by atoms with E-state index in [2.05, 4.69) is 0 Å². The van der Waals surface area contributed by atoms with Crippen LogP contribution in [0.3, 0.4) is 0 Å². The Kier molecular flexibility index (Phi) is 1.25. The lowest BCUT2D eigenvalue weighted by Crippen LogP contribution is -2.34. The maximum Gasteiger partial charge on any atom is 0.248 e. The van der Waals surface area contributed by atoms with E-state index in [9.17, 15) is 8.78 Å². The predicted octanol–water partition coefficient (Wildman–Crippen LogP) is 2.44. The van der Waals surface area contributed by atoms with Gasteiger partial charge in [-0.1, -0.05) is 13.3 Å². The summed E-state index contributed by atoms with van der Waals surface area (Å²) in [5.41, 5.74) is 0. The lowest BCUT2D eigenvalue weighted by Gasteiger charge is -2.33. The zero-order valence-corrected chi connectivity index (χ0v) is 4.95. The van der Waals surface area contributed by atoms with Gasteiger partial charge in [0.15, 0.2) is 0 Å². The fourth-order valence-electron chi connectivity index (χ4n) is 1.07. The van der Waals surface area contributed by atoms with Crippen molar-refractivity contribution in [3.63, 3.8) is 0 Å². The summed E-state index contributed by atoms with van der Waals surface area (Å²) in [6.07, 6.45) is 1.17. The summed E-state index contributed by atoms with van der Waals surface area (Å²) >= 11 is 0. The molecule has 0 radical (unpaired) electrons. The molecule has 0 amide bonds. The molecule has 1 fully saturated rings. The van der Waals surface area contributed by atoms with E-state index in [0.717, 1.165) is 6.42 Å². The van der Waals surface area contributed by atoms with Crippen LogP contribution in [0.5, 0.6) is 0 Å². The summed E-state index contributed by atoms with van der Waals surface area (Å²) < 4.78 is 24.0. The standard InChI is InChI=1S/C6H10F2/c1-2-5-3-6(7,8)4-5/h5H,2-4H2,1H3. The van der Waals surface area contributed by atoms with Crippen LogP contribution in [0, 0.1) is 5.92 Å². The monoisotopic (exact) mass is 120 g/mol. The number of hydrogen-bond acceptors (Lipinski definition) is 0. The lowest BCUT2D eigenvalue weighted by atomic mass is 9.80. The summed E-state index contributed by atoms with van der Waals surface area (Å²) in [7, 11) is 0. The van der Waals surface area contributed by atoms with Crippen molar-refractivity contribution in [3.8, 4) is 0 Å². The minimum absolute atomic E-state index is 0.128. The first kappa shape index (κ1) is 5.99. The molecular formula is C6H10F2. The molecule has 0 bridgehead atoms. The molecule has 48 valence electrons. The van der Waals surface area contributed by atoms with E-state index in [0.29, 0.717) is 5.92 Å². The topological polar surface area (TPSA) is 0 Å². The van der Waals surface area contributed by atoms with Gasteiger partial charge >= 0.3 is 0 Å². The van der Waals surface area contributed by atoms with Crippen LogP contribution in [0.25, 0.3) is 0 Å². The molecule has 1 aliphatic rings. The van der Waals surface area contributed by atoms with Crippen LogP contribution in [0.1, 0.15) is 26.2 Å². The third-order valence-electron chi connectivity index (χ3n) is 1.75. The van der Waals surface area contributed by atoms with Crippen LogP contribution in [0.4, 0.5) is 8.78 Å². The molecule has 0 heterocycles. The average Bonchev–Trinajstić information content (AvgIpc) is 1.60. The fraction of sp³-hybridized carbons (Fsp3) is 1.00. The molecule has 0 unspecified atom stereocenters. The van der Waals surface area contributed by atoms with Crippen molar-refractivity contribution < 1.29 is 8.78 Å². The van der Waals surface area contributed by atoms with E-state index in [1.807, 2.05) is 6.92 Å². The molecular weight excluding hydrogens is 110 g/mol. The quantitative estimate of drug-likeness (QED) is 0.498. The zero-order valence-electron chi connectivity index (χ0n) is 4.95. The van der Waals surface area contributed by atoms with Gasteiger partial charge in [0.05, 0.1) is 0 Å². The fourth-order valence-corrected chi connectivity index (χ4v) is 1.07. The Morgan fingerprint density at radius 3 is 2.12 bits per heavy atom. The van der Waals surface area contributed by atoms with Crippen LogP contribution in [0.2, 0.25) is 0 Å². The number of rotatable bonds is 1. The molecule has 0 saturated heterocycles. The average molecular weight is 120 g/mol. The van der Waals surface area contributed by atoms with E-state index in [1.165, 1.54) is 0 Å². The summed E-state index contributed by atoms with van der Waals surface area (Å²) in [6, 6.07) is 0. The Morgan fingerprint density at radius 1 is 1.50 bits per heavy atom. The van der Waals surface area contributed by atoms with Crippen molar-refractivity contribution in [1.29, 1.82) is 0 Å². The van der Waals surface area contributed by atoms with Gasteiger partial charge < -0.3 is 0 Å². The van der Waals surface area contributed by atoms with Crippen molar-refractivity contribution >= 4 is 0 Å². The van der Waals surface area contributed by atoms with Crippen LogP contribution < -0.4 is 0 Å². The Morgan fingerprint density at radius 2 is 2.00 bits per heavy atom. The van der Waals surface area contributed by atoms with Gasteiger partial charge in [-0.25, -0.2) is 8.78 Å². The first-order chi connectivity index (χ1) is 3.64. The second kappa shape index (κ2) is 1.67. The second-order valence-electron chi connectivity index (χ2n) is 2.54. The molecule has 1 rings (SSSR count). The van der Waals surface area contributed by atoms with E-state index in [-0.39, 0.29) is 12.8 Å². The zero-order chi connectivity index (χ0) is 6.20. The smallest absolute Gasteiger partial charge is 0.207 e. The molecule has 0 aromatic heterocycles. The van der Waals surface area contributed by atoms with Crippen molar-refractivity contribution in [1.82, 2.24) is 0 Å². The minimum atomic E-state index is -2.30. The highest BCUT2D eigenvalue weighted by molar-refractivity contribution is 4.84. The summed E-state index contributed by atoms with van der Waals surface area (Å²) in [5, 5.41) is 0. The Hall–Kier alpha value is -0.140. The van der Waals surface area contributed by atoms with Crippen LogP contribution in [-0.4, -0.2) is 5.92 Å². The van der Waals surface area contributed by atoms with Gasteiger partial charge in [-0.2, -0.15) is 0 Å². The normalized spacial score (nSPS) is 27.4. The van der Waals surface area contributed by atoms with Crippen molar-refractivity contribution in [2.75, 3.05) is 0 Å². The first-order valence-electron chi connectivity index (χ1n) is 3.02. The van der Waals surface area contributed by atoms with Gasteiger partial charge in [0.1, 0.15) is 0 Å². The van der Waals surface area contributed by atoms with E-state index < -0.39 is 5.92 Å². The highest BCUT2D eigenvalue weighted by Gasteiger charge is 2.43. The van der Waals surface area contributed by atoms with Crippen LogP contribution in [0.15, 0.2) is 0 Å². The molecule has 1 saturated carbocycles. The van der Waals surface area contributed by atoms with Gasteiger partial charge in [0.2, 0.25) is 5.92 Å². The second-order valence-corrected chi connectivity index (χ2v) is 2.54. The Bertz CT molecular complexity index is 80.5. The third-order valence-corrected chi connectivity index (χ3v) is 1.75. The lowest BCUT2D eigenvalue weighted by molar-refractivity contribution is -0.110. The number of halogens is 2. The van der Waals surface area contributed by atoms with E-state index >= 15 is 0 Å². The van der Waals surface area contributed by atoms with Gasteiger partial charge in [0.25, 0.3) is 0 Å². The predicted molar refractivity (Wildman–Crippen MR) is 28.0 cm³/mol. The largest absolute Gasteiger partial charge is 0.248 e. The maximum atomic E-state index is 12.0. The highest BCUT2D eigenvalue weighted by Crippen LogP contribution is 2.43. The molecule has 1 aliphatic carbocycles. The van der Waals surface area contributed by atoms with Gasteiger partial charge in [-0.15, -0.1) is 0 Å². The third kappa shape index (κ3) is 0.984. The van der Waals surface area contributed by atoms with Crippen molar-refractivity contribution in [3.05, 3.63) is 0 Å². The summed E-state index contributed by atoms with van der Waals surface area (Å²) in [4.78, 5) is 0. The van der Waals surface area contributed by atoms with Crippen molar-refractivity contribution in [2.24, 2.45) is 5.92 Å². The molecule has 0 N–H and O–H groups in total. The minimum Gasteiger partial charge on any atom is -0.207 e. The molecule has 2 heteroatoms. The Labute approximate surface area is 47.9 Å². The molecule has 0 aliphatic heterocycles. The summed E-state index contributed by atoms with van der Waals surface area (Å²) in [5.74, 6) is -1.99. The molecule has 0 spiro atoms. The molecule has 0 aromatic carbocycles.